The lowest BCUT2D eigenvalue weighted by molar-refractivity contribution is -0.599. The third kappa shape index (κ3) is 1.96. The van der Waals surface area contributed by atoms with Crippen LogP contribution in [0.15, 0.2) is 0 Å². The minimum Gasteiger partial charge on any atom is -0.282 e. The molecule has 0 radical (unpaired) electrons. The van der Waals surface area contributed by atoms with Crippen LogP contribution in [0.5, 0.6) is 0 Å². The molecule has 0 spiro atoms. The van der Waals surface area contributed by atoms with Crippen LogP contribution < -0.4 is 0 Å². The van der Waals surface area contributed by atoms with Gasteiger partial charge in [0, 0.05) is 0 Å². The Morgan fingerprint density at radius 3 is 1.05 bits per heavy atom. The van der Waals surface area contributed by atoms with Crippen LogP contribution >= 0.6 is 0 Å². The highest BCUT2D eigenvalue weighted by Gasteiger charge is 2.93. The molecule has 0 saturated carbocycles. The van der Waals surface area contributed by atoms with Crippen molar-refractivity contribution < 1.29 is 61.9 Å². The minimum atomic E-state index is -7.18. The topological polar surface area (TPSA) is 12.5 Å². The number of hydrogen-bond acceptors (Lipinski definition) is 2. The van der Waals surface area contributed by atoms with Crippen LogP contribution in [0.25, 0.3) is 0 Å². The summed E-state index contributed by atoms with van der Waals surface area (Å²) in [5.41, 5.74) is 0. The van der Waals surface area contributed by atoms with Gasteiger partial charge in [0.2, 0.25) is 0 Å². The summed E-state index contributed by atoms with van der Waals surface area (Å²) in [5, 5.41) is -3.82. The molecular weight excluding hydrogens is 349 g/mol. The minimum absolute atomic E-state index is 1.73. The van der Waals surface area contributed by atoms with E-state index < -0.39 is 41.3 Å². The maximum absolute atomic E-state index is 13.0. The van der Waals surface area contributed by atoms with Crippen molar-refractivity contribution in [3.05, 3.63) is 0 Å². The number of halogens is 13. The molecule has 2 nitrogen and oxygen atoms in total. The van der Waals surface area contributed by atoms with E-state index in [1.165, 1.54) is 0 Å². The van der Waals surface area contributed by atoms with Crippen molar-refractivity contribution in [1.29, 1.82) is 0 Å². The van der Waals surface area contributed by atoms with E-state index in [1.807, 2.05) is 0 Å². The second kappa shape index (κ2) is 4.05. The molecular formula is C6F13NO. The third-order valence-corrected chi connectivity index (χ3v) is 2.28. The maximum Gasteiger partial charge on any atom is 0.456 e. The average molecular weight is 349 g/mol. The summed E-state index contributed by atoms with van der Waals surface area (Å²) < 4.78 is 163. The molecule has 1 aliphatic heterocycles. The normalized spacial score (nSPS) is 37.6. The van der Waals surface area contributed by atoms with Crippen molar-refractivity contribution >= 4 is 0 Å². The first-order valence-electron chi connectivity index (χ1n) is 4.29. The van der Waals surface area contributed by atoms with Gasteiger partial charge in [-0.3, -0.25) is 4.74 Å². The zero-order valence-electron chi connectivity index (χ0n) is 8.77. The first-order chi connectivity index (χ1) is 8.86. The summed E-state index contributed by atoms with van der Waals surface area (Å²) in [6, 6.07) is -14.0. The predicted octanol–water partition coefficient (Wildman–Crippen LogP) is 3.84. The molecule has 0 N–H and O–H groups in total. The van der Waals surface area contributed by atoms with Crippen LogP contribution in [0, 0.1) is 0 Å². The van der Waals surface area contributed by atoms with E-state index in [0.29, 0.717) is 0 Å². The quantitative estimate of drug-likeness (QED) is 0.374. The van der Waals surface area contributed by atoms with Crippen molar-refractivity contribution in [1.82, 2.24) is 5.12 Å². The fourth-order valence-corrected chi connectivity index (χ4v) is 1.20. The van der Waals surface area contributed by atoms with Crippen molar-refractivity contribution in [2.45, 2.75) is 36.2 Å². The number of ether oxygens (including phenoxy) is 1. The fourth-order valence-electron chi connectivity index (χ4n) is 1.20. The highest BCUT2D eigenvalue weighted by Crippen LogP contribution is 2.62. The van der Waals surface area contributed by atoms with Crippen molar-refractivity contribution in [2.24, 2.45) is 0 Å². The summed E-state index contributed by atoms with van der Waals surface area (Å²) in [5.74, 6) is -14.1. The Kier molecular flexibility index (Phi) is 3.48. The number of rotatable bonds is 0. The van der Waals surface area contributed by atoms with Gasteiger partial charge < -0.3 is 0 Å². The standard InChI is InChI=1S/C6F13NO/c7-1(3(9,10)11)5(15,16)20(19)6(17,18)2(8,21-1)4(12,13)14/t1-,2+. The Labute approximate surface area is 105 Å². The Morgan fingerprint density at radius 2 is 0.857 bits per heavy atom. The van der Waals surface area contributed by atoms with Crippen molar-refractivity contribution in [3.8, 4) is 0 Å². The molecule has 0 unspecified atom stereocenters. The molecule has 2 atom stereocenters. The van der Waals surface area contributed by atoms with E-state index >= 15 is 0 Å². The maximum atomic E-state index is 13.0. The number of hydrogen-bond donors (Lipinski definition) is 0. The second-order valence-corrected chi connectivity index (χ2v) is 3.65. The zero-order chi connectivity index (χ0) is 17.3. The molecule has 21 heavy (non-hydrogen) atoms. The second-order valence-electron chi connectivity index (χ2n) is 3.65. The number of morpholine rings is 1. The van der Waals surface area contributed by atoms with Gasteiger partial charge in [0.15, 0.2) is 0 Å². The molecule has 0 aromatic rings. The largest absolute Gasteiger partial charge is 0.456 e. The summed E-state index contributed by atoms with van der Waals surface area (Å²) in [7, 11) is 0. The monoisotopic (exact) mass is 349 g/mol. The van der Waals surface area contributed by atoms with Gasteiger partial charge in [-0.25, -0.2) is 0 Å². The summed E-state index contributed by atoms with van der Waals surface area (Å²) in [6.45, 7) is 0. The molecule has 0 amide bonds. The highest BCUT2D eigenvalue weighted by molar-refractivity contribution is 5.05. The van der Waals surface area contributed by atoms with Crippen LogP contribution in [0.1, 0.15) is 0 Å². The van der Waals surface area contributed by atoms with Gasteiger partial charge in [0.05, 0.1) is 0 Å². The molecule has 1 rings (SSSR count). The predicted molar refractivity (Wildman–Crippen MR) is 33.7 cm³/mol. The Balaban J connectivity index is 3.64. The molecule has 1 aliphatic rings. The van der Waals surface area contributed by atoms with E-state index in [-0.39, 0.29) is 0 Å². The van der Waals surface area contributed by atoms with Crippen LogP contribution in [0.3, 0.4) is 0 Å². The van der Waals surface area contributed by atoms with Gasteiger partial charge in [0.1, 0.15) is 0 Å². The van der Waals surface area contributed by atoms with Crippen LogP contribution in [0.2, 0.25) is 0 Å². The lowest BCUT2D eigenvalue weighted by atomic mass is 10.1. The fraction of sp³-hybridized carbons (Fsp3) is 1.00. The first kappa shape index (κ1) is 18.1. The SMILES string of the molecule is FN1C(F)(F)[C@](F)(C(F)(F)F)O[C@](F)(C(F)(F)F)C1(F)F. The Hall–Kier alpha value is -0.990. The summed E-state index contributed by atoms with van der Waals surface area (Å²) >= 11 is 0. The molecule has 1 saturated heterocycles. The molecule has 1 fully saturated rings. The molecule has 15 heteroatoms. The van der Waals surface area contributed by atoms with Crippen LogP contribution in [0.4, 0.5) is 57.2 Å². The highest BCUT2D eigenvalue weighted by atomic mass is 19.4. The van der Waals surface area contributed by atoms with E-state index in [0.717, 1.165) is 0 Å². The molecule has 126 valence electrons. The van der Waals surface area contributed by atoms with E-state index in [1.54, 1.807) is 4.74 Å². The first-order valence-corrected chi connectivity index (χ1v) is 4.29. The average Bonchev–Trinajstić information content (AvgIpc) is 2.22. The molecule has 0 aromatic heterocycles. The third-order valence-electron chi connectivity index (χ3n) is 2.28. The van der Waals surface area contributed by atoms with Gasteiger partial charge in [-0.15, -0.1) is 4.48 Å². The van der Waals surface area contributed by atoms with E-state index in [2.05, 4.69) is 0 Å². The van der Waals surface area contributed by atoms with Crippen molar-refractivity contribution in [3.63, 3.8) is 0 Å². The van der Waals surface area contributed by atoms with Gasteiger partial charge in [-0.05, 0) is 5.12 Å². The van der Waals surface area contributed by atoms with Crippen molar-refractivity contribution in [2.75, 3.05) is 0 Å². The smallest absolute Gasteiger partial charge is 0.282 e. The lowest BCUT2D eigenvalue weighted by Gasteiger charge is -2.49. The van der Waals surface area contributed by atoms with Gasteiger partial charge in [-0.1, -0.05) is 0 Å². The van der Waals surface area contributed by atoms with Gasteiger partial charge >= 0.3 is 36.2 Å². The summed E-state index contributed by atoms with van der Waals surface area (Å²) in [4.78, 5) is 0. The van der Waals surface area contributed by atoms with Crippen LogP contribution in [-0.2, 0) is 4.74 Å². The number of nitrogens with zero attached hydrogens (tertiary/aromatic N) is 1. The van der Waals surface area contributed by atoms with Gasteiger partial charge in [0.25, 0.3) is 0 Å². The Morgan fingerprint density at radius 1 is 0.619 bits per heavy atom. The van der Waals surface area contributed by atoms with Gasteiger partial charge in [-0.2, -0.15) is 52.7 Å². The van der Waals surface area contributed by atoms with Crippen LogP contribution in [-0.4, -0.2) is 41.3 Å². The number of alkyl halides is 12. The molecule has 0 bridgehead atoms. The Bertz CT molecular complexity index is 389. The summed E-state index contributed by atoms with van der Waals surface area (Å²) in [6.07, 6.45) is -14.4. The molecule has 0 aliphatic carbocycles. The zero-order valence-corrected chi connectivity index (χ0v) is 8.77. The van der Waals surface area contributed by atoms with E-state index in [4.69, 9.17) is 0 Å². The lowest BCUT2D eigenvalue weighted by Crippen LogP contribution is -2.80. The molecule has 1 heterocycles. The van der Waals surface area contributed by atoms with E-state index in [9.17, 15) is 57.2 Å². The molecule has 0 aromatic carbocycles.